The predicted molar refractivity (Wildman–Crippen MR) is 77.1 cm³/mol. The Hall–Kier alpha value is -0.790. The Balaban J connectivity index is 0.00000225. The first-order chi connectivity index (χ1) is 7.26. The fraction of sp³-hybridized carbons (Fsp3) is 0.600. The van der Waals surface area contributed by atoms with Crippen LogP contribution in [0.2, 0.25) is 0 Å². The average molecular weight is 337 g/mol. The van der Waals surface area contributed by atoms with Gasteiger partial charge in [0, 0.05) is 38.9 Å². The Morgan fingerprint density at radius 3 is 2.75 bits per heavy atom. The van der Waals surface area contributed by atoms with Crippen LogP contribution >= 0.6 is 24.0 Å². The van der Waals surface area contributed by atoms with Crippen molar-refractivity contribution in [2.75, 3.05) is 13.6 Å². The molecule has 1 heterocycles. The number of aliphatic imine (C=N–C) groups is 1. The van der Waals surface area contributed by atoms with E-state index in [4.69, 9.17) is 0 Å². The molecule has 0 atom stereocenters. The van der Waals surface area contributed by atoms with Crippen molar-refractivity contribution in [3.63, 3.8) is 0 Å². The topological polar surface area (TPSA) is 54.2 Å². The lowest BCUT2D eigenvalue weighted by molar-refractivity contribution is 0.763. The van der Waals surface area contributed by atoms with Crippen LogP contribution in [0.25, 0.3) is 0 Å². The van der Waals surface area contributed by atoms with Crippen molar-refractivity contribution in [2.45, 2.75) is 19.9 Å². The molecule has 1 aromatic heterocycles. The molecule has 0 radical (unpaired) electrons. The van der Waals surface area contributed by atoms with Crippen LogP contribution in [0, 0.1) is 0 Å². The summed E-state index contributed by atoms with van der Waals surface area (Å²) < 4.78 is 1.79. The highest BCUT2D eigenvalue weighted by Gasteiger charge is 1.98. The monoisotopic (exact) mass is 337 g/mol. The van der Waals surface area contributed by atoms with Crippen LogP contribution in [0.4, 0.5) is 0 Å². The Bertz CT molecular complexity index is 321. The molecule has 0 fully saturated rings. The Kier molecular flexibility index (Phi) is 7.96. The van der Waals surface area contributed by atoms with Gasteiger partial charge in [-0.25, -0.2) is 0 Å². The van der Waals surface area contributed by atoms with Gasteiger partial charge in [-0.3, -0.25) is 9.67 Å². The van der Waals surface area contributed by atoms with Crippen molar-refractivity contribution >= 4 is 29.9 Å². The third-order valence-electron chi connectivity index (χ3n) is 1.98. The minimum atomic E-state index is 0. The molecule has 0 aromatic carbocycles. The summed E-state index contributed by atoms with van der Waals surface area (Å²) >= 11 is 0. The van der Waals surface area contributed by atoms with Crippen LogP contribution in [0.15, 0.2) is 17.4 Å². The van der Waals surface area contributed by atoms with E-state index in [1.165, 1.54) is 0 Å². The highest BCUT2D eigenvalue weighted by molar-refractivity contribution is 14.0. The molecule has 0 saturated carbocycles. The van der Waals surface area contributed by atoms with Crippen LogP contribution in [0.5, 0.6) is 0 Å². The summed E-state index contributed by atoms with van der Waals surface area (Å²) in [5, 5.41) is 10.5. The number of halogens is 1. The third kappa shape index (κ3) is 5.34. The summed E-state index contributed by atoms with van der Waals surface area (Å²) in [6.07, 6.45) is 4.92. The molecule has 1 aromatic rings. The first-order valence-electron chi connectivity index (χ1n) is 5.18. The van der Waals surface area contributed by atoms with Gasteiger partial charge in [-0.15, -0.1) is 24.0 Å². The molecule has 0 aliphatic heterocycles. The number of aromatic nitrogens is 2. The number of nitrogens with zero attached hydrogens (tertiary/aromatic N) is 3. The first-order valence-corrected chi connectivity index (χ1v) is 5.18. The van der Waals surface area contributed by atoms with Gasteiger partial charge in [-0.2, -0.15) is 5.10 Å². The Morgan fingerprint density at radius 2 is 2.25 bits per heavy atom. The van der Waals surface area contributed by atoms with Gasteiger partial charge in [0.15, 0.2) is 5.96 Å². The molecule has 5 nitrogen and oxygen atoms in total. The number of nitrogens with one attached hydrogen (secondary N) is 2. The van der Waals surface area contributed by atoms with Crippen LogP contribution in [-0.2, 0) is 13.6 Å². The van der Waals surface area contributed by atoms with Gasteiger partial charge >= 0.3 is 0 Å². The lowest BCUT2D eigenvalue weighted by atomic mass is 10.4. The van der Waals surface area contributed by atoms with Gasteiger partial charge in [0.1, 0.15) is 0 Å². The largest absolute Gasteiger partial charge is 0.356 e. The maximum atomic E-state index is 4.11. The standard InChI is InChI=1S/C10H19N5.HI/c1-4-5-12-10(11-2)13-6-9-7-14-15(3)8-9;/h7-8H,4-6H2,1-3H3,(H2,11,12,13);1H. The van der Waals surface area contributed by atoms with Crippen LogP contribution in [-0.4, -0.2) is 29.3 Å². The molecule has 0 bridgehead atoms. The summed E-state index contributed by atoms with van der Waals surface area (Å²) in [6, 6.07) is 0. The van der Waals surface area contributed by atoms with E-state index in [2.05, 4.69) is 27.6 Å². The third-order valence-corrected chi connectivity index (χ3v) is 1.98. The van der Waals surface area contributed by atoms with Crippen LogP contribution in [0.1, 0.15) is 18.9 Å². The van der Waals surface area contributed by atoms with Crippen molar-refractivity contribution in [3.8, 4) is 0 Å². The predicted octanol–water partition coefficient (Wildman–Crippen LogP) is 1.11. The number of guanidine groups is 1. The minimum absolute atomic E-state index is 0. The molecule has 0 saturated heterocycles. The van der Waals surface area contributed by atoms with Gasteiger partial charge in [0.25, 0.3) is 0 Å². The van der Waals surface area contributed by atoms with E-state index < -0.39 is 0 Å². The normalized spacial score (nSPS) is 10.8. The average Bonchev–Trinajstić information content (AvgIpc) is 2.65. The van der Waals surface area contributed by atoms with Crippen molar-refractivity contribution in [1.29, 1.82) is 0 Å². The molecule has 6 heteroatoms. The second kappa shape index (κ2) is 8.37. The van der Waals surface area contributed by atoms with E-state index in [9.17, 15) is 0 Å². The smallest absolute Gasteiger partial charge is 0.191 e. The number of rotatable bonds is 4. The van der Waals surface area contributed by atoms with Gasteiger partial charge in [-0.1, -0.05) is 6.92 Å². The van der Waals surface area contributed by atoms with E-state index in [0.29, 0.717) is 0 Å². The molecule has 0 aliphatic carbocycles. The molecule has 92 valence electrons. The maximum Gasteiger partial charge on any atom is 0.191 e. The lowest BCUT2D eigenvalue weighted by Crippen LogP contribution is -2.37. The van der Waals surface area contributed by atoms with E-state index in [0.717, 1.165) is 31.0 Å². The van der Waals surface area contributed by atoms with Gasteiger partial charge in [-0.05, 0) is 6.42 Å². The second-order valence-corrected chi connectivity index (χ2v) is 3.37. The molecular formula is C10H20IN5. The number of hydrogen-bond donors (Lipinski definition) is 2. The fourth-order valence-corrected chi connectivity index (χ4v) is 1.21. The minimum Gasteiger partial charge on any atom is -0.356 e. The van der Waals surface area contributed by atoms with E-state index in [-0.39, 0.29) is 24.0 Å². The SMILES string of the molecule is CCCNC(=NC)NCc1cnn(C)c1.I. The van der Waals surface area contributed by atoms with Crippen LogP contribution < -0.4 is 10.6 Å². The van der Waals surface area contributed by atoms with Gasteiger partial charge < -0.3 is 10.6 Å². The zero-order valence-electron chi connectivity index (χ0n) is 10.0. The summed E-state index contributed by atoms with van der Waals surface area (Å²) in [7, 11) is 3.68. The van der Waals surface area contributed by atoms with Crippen LogP contribution in [0.3, 0.4) is 0 Å². The summed E-state index contributed by atoms with van der Waals surface area (Å²) in [5.74, 6) is 0.834. The van der Waals surface area contributed by atoms with Gasteiger partial charge in [0.05, 0.1) is 6.20 Å². The molecule has 16 heavy (non-hydrogen) atoms. The Labute approximate surface area is 114 Å². The van der Waals surface area contributed by atoms with E-state index >= 15 is 0 Å². The lowest BCUT2D eigenvalue weighted by Gasteiger charge is -2.09. The van der Waals surface area contributed by atoms with E-state index in [1.807, 2.05) is 19.4 Å². The maximum absolute atomic E-state index is 4.11. The number of hydrogen-bond acceptors (Lipinski definition) is 2. The first kappa shape index (κ1) is 15.2. The van der Waals surface area contributed by atoms with Crippen molar-refractivity contribution in [2.24, 2.45) is 12.0 Å². The number of aryl methyl sites for hydroxylation is 1. The molecule has 0 unspecified atom stereocenters. The fourth-order valence-electron chi connectivity index (χ4n) is 1.21. The summed E-state index contributed by atoms with van der Waals surface area (Å²) in [4.78, 5) is 4.11. The molecule has 0 aliphatic rings. The zero-order valence-corrected chi connectivity index (χ0v) is 12.4. The summed E-state index contributed by atoms with van der Waals surface area (Å²) in [6.45, 7) is 3.81. The molecular weight excluding hydrogens is 317 g/mol. The zero-order chi connectivity index (χ0) is 11.1. The second-order valence-electron chi connectivity index (χ2n) is 3.37. The quantitative estimate of drug-likeness (QED) is 0.492. The Morgan fingerprint density at radius 1 is 1.50 bits per heavy atom. The molecule has 1 rings (SSSR count). The highest BCUT2D eigenvalue weighted by atomic mass is 127. The molecule has 0 amide bonds. The van der Waals surface area contributed by atoms with Crippen molar-refractivity contribution in [3.05, 3.63) is 18.0 Å². The van der Waals surface area contributed by atoms with E-state index in [1.54, 1.807) is 11.7 Å². The van der Waals surface area contributed by atoms with Crippen molar-refractivity contribution < 1.29 is 0 Å². The highest BCUT2D eigenvalue weighted by Crippen LogP contribution is 1.94. The summed E-state index contributed by atoms with van der Waals surface area (Å²) in [5.41, 5.74) is 1.15. The van der Waals surface area contributed by atoms with Gasteiger partial charge in [0.2, 0.25) is 0 Å². The van der Waals surface area contributed by atoms with Crippen molar-refractivity contribution in [1.82, 2.24) is 20.4 Å². The molecule has 0 spiro atoms. The molecule has 2 N–H and O–H groups in total.